The van der Waals surface area contributed by atoms with E-state index in [0.29, 0.717) is 10.9 Å². The first-order valence-corrected chi connectivity index (χ1v) is 8.43. The van der Waals surface area contributed by atoms with Crippen molar-refractivity contribution in [3.8, 4) is 0 Å². The highest BCUT2D eigenvalue weighted by Crippen LogP contribution is 2.28. The van der Waals surface area contributed by atoms with Crippen molar-refractivity contribution in [3.05, 3.63) is 26.6 Å². The number of benzene rings is 1. The van der Waals surface area contributed by atoms with Crippen molar-refractivity contribution in [1.29, 1.82) is 0 Å². The highest BCUT2D eigenvalue weighted by atomic mass is 79.9. The molecule has 0 spiro atoms. The molecule has 0 saturated carbocycles. The number of rotatable bonds is 5. The molecule has 0 aliphatic heterocycles. The van der Waals surface area contributed by atoms with E-state index in [1.165, 1.54) is 0 Å². The molecule has 0 bridgehead atoms. The Hall–Kier alpha value is 0.0500. The molecule has 1 aromatic rings. The van der Waals surface area contributed by atoms with Crippen LogP contribution in [0.5, 0.6) is 0 Å². The van der Waals surface area contributed by atoms with Crippen molar-refractivity contribution in [2.45, 2.75) is 31.2 Å². The fraction of sp³-hybridized carbons (Fsp3) is 0.455. The summed E-state index contributed by atoms with van der Waals surface area (Å²) >= 11 is 6.57. The molecule has 0 fully saturated rings. The van der Waals surface area contributed by atoms with Crippen LogP contribution < -0.4 is 4.72 Å². The van der Waals surface area contributed by atoms with Crippen molar-refractivity contribution in [1.82, 2.24) is 4.72 Å². The summed E-state index contributed by atoms with van der Waals surface area (Å²) in [6.07, 6.45) is 0.379. The fourth-order valence-electron chi connectivity index (χ4n) is 1.41. The Labute approximate surface area is 124 Å². The molecular formula is C11H15Br2NO3S. The molecule has 1 atom stereocenters. The van der Waals surface area contributed by atoms with Crippen LogP contribution in [0, 0.1) is 6.92 Å². The Morgan fingerprint density at radius 3 is 2.50 bits per heavy atom. The van der Waals surface area contributed by atoms with Gasteiger partial charge >= 0.3 is 0 Å². The van der Waals surface area contributed by atoms with Gasteiger partial charge in [-0.05, 0) is 53.9 Å². The summed E-state index contributed by atoms with van der Waals surface area (Å²) in [5.41, 5.74) is 0.948. The molecule has 0 aliphatic rings. The van der Waals surface area contributed by atoms with E-state index in [1.54, 1.807) is 19.1 Å². The van der Waals surface area contributed by atoms with Crippen LogP contribution in [0.3, 0.4) is 0 Å². The maximum atomic E-state index is 12.2. The predicted molar refractivity (Wildman–Crippen MR) is 78.1 cm³/mol. The Morgan fingerprint density at radius 2 is 1.94 bits per heavy atom. The zero-order valence-corrected chi connectivity index (χ0v) is 14.1. The van der Waals surface area contributed by atoms with Crippen LogP contribution in [-0.4, -0.2) is 26.2 Å². The van der Waals surface area contributed by atoms with Crippen LogP contribution in [0.25, 0.3) is 0 Å². The number of aliphatic hydroxyl groups excluding tert-OH is 1. The standard InChI is InChI=1S/C11H15Br2NO3S/c1-7-5-10(13)11(6-9(7)12)18(16,17)14-8(2)3-4-15/h5-6,8,14-15H,3-4H2,1-2H3. The lowest BCUT2D eigenvalue weighted by Crippen LogP contribution is -2.33. The smallest absolute Gasteiger partial charge is 0.241 e. The molecule has 0 saturated heterocycles. The van der Waals surface area contributed by atoms with Gasteiger partial charge in [0.15, 0.2) is 0 Å². The van der Waals surface area contributed by atoms with E-state index in [0.717, 1.165) is 10.0 Å². The number of sulfonamides is 1. The van der Waals surface area contributed by atoms with E-state index < -0.39 is 10.0 Å². The number of halogens is 2. The monoisotopic (exact) mass is 399 g/mol. The Kier molecular flexibility index (Phi) is 5.79. The van der Waals surface area contributed by atoms with Crippen LogP contribution in [0.4, 0.5) is 0 Å². The summed E-state index contributed by atoms with van der Waals surface area (Å²) < 4.78 is 28.1. The van der Waals surface area contributed by atoms with Crippen LogP contribution in [0.15, 0.2) is 26.0 Å². The largest absolute Gasteiger partial charge is 0.396 e. The van der Waals surface area contributed by atoms with Gasteiger partial charge in [-0.1, -0.05) is 15.9 Å². The van der Waals surface area contributed by atoms with Crippen LogP contribution in [0.1, 0.15) is 18.9 Å². The third-order valence-corrected chi connectivity index (χ3v) is 5.82. The first kappa shape index (κ1) is 16.1. The quantitative estimate of drug-likeness (QED) is 0.798. The van der Waals surface area contributed by atoms with Gasteiger partial charge in [0.25, 0.3) is 0 Å². The molecule has 0 radical (unpaired) electrons. The summed E-state index contributed by atoms with van der Waals surface area (Å²) in [6.45, 7) is 3.54. The summed E-state index contributed by atoms with van der Waals surface area (Å²) in [7, 11) is -3.59. The zero-order valence-electron chi connectivity index (χ0n) is 10.1. The van der Waals surface area contributed by atoms with Gasteiger partial charge in [-0.15, -0.1) is 0 Å². The molecule has 7 heteroatoms. The van der Waals surface area contributed by atoms with Crippen molar-refractivity contribution >= 4 is 41.9 Å². The second kappa shape index (κ2) is 6.47. The lowest BCUT2D eigenvalue weighted by Gasteiger charge is -2.14. The van der Waals surface area contributed by atoms with Crippen molar-refractivity contribution in [2.75, 3.05) is 6.61 Å². The minimum atomic E-state index is -3.59. The van der Waals surface area contributed by atoms with E-state index in [1.807, 2.05) is 6.92 Å². The second-order valence-corrected chi connectivity index (χ2v) is 7.46. The van der Waals surface area contributed by atoms with E-state index in [9.17, 15) is 8.42 Å². The first-order chi connectivity index (χ1) is 8.27. The number of hydrogen-bond acceptors (Lipinski definition) is 3. The van der Waals surface area contributed by atoms with Gasteiger partial charge in [-0.25, -0.2) is 13.1 Å². The van der Waals surface area contributed by atoms with E-state index >= 15 is 0 Å². The molecule has 1 unspecified atom stereocenters. The van der Waals surface area contributed by atoms with Gasteiger partial charge in [-0.2, -0.15) is 0 Å². The van der Waals surface area contributed by atoms with Gasteiger partial charge in [0, 0.05) is 21.6 Å². The SMILES string of the molecule is Cc1cc(Br)c(S(=O)(=O)NC(C)CCO)cc1Br. The summed E-state index contributed by atoms with van der Waals surface area (Å²) in [5.74, 6) is 0. The molecule has 0 amide bonds. The molecule has 102 valence electrons. The lowest BCUT2D eigenvalue weighted by molar-refractivity contribution is 0.275. The minimum absolute atomic E-state index is 0.0531. The van der Waals surface area contributed by atoms with E-state index in [-0.39, 0.29) is 17.5 Å². The minimum Gasteiger partial charge on any atom is -0.396 e. The number of nitrogens with one attached hydrogen (secondary N) is 1. The van der Waals surface area contributed by atoms with E-state index in [4.69, 9.17) is 5.11 Å². The van der Waals surface area contributed by atoms with Gasteiger partial charge < -0.3 is 5.11 Å². The normalized spacial score (nSPS) is 13.6. The number of aryl methyl sites for hydroxylation is 1. The fourth-order valence-corrected chi connectivity index (χ4v) is 4.37. The van der Waals surface area contributed by atoms with Gasteiger partial charge in [0.2, 0.25) is 10.0 Å². The van der Waals surface area contributed by atoms with Crippen molar-refractivity contribution in [2.24, 2.45) is 0 Å². The van der Waals surface area contributed by atoms with E-state index in [2.05, 4.69) is 36.6 Å². The molecule has 18 heavy (non-hydrogen) atoms. The Morgan fingerprint density at radius 1 is 1.33 bits per heavy atom. The molecule has 2 N–H and O–H groups in total. The van der Waals surface area contributed by atoms with Gasteiger partial charge in [0.1, 0.15) is 0 Å². The number of hydrogen-bond donors (Lipinski definition) is 2. The average Bonchev–Trinajstić information content (AvgIpc) is 2.22. The topological polar surface area (TPSA) is 66.4 Å². The molecule has 0 aliphatic carbocycles. The third kappa shape index (κ3) is 4.03. The number of aliphatic hydroxyl groups is 1. The predicted octanol–water partition coefficient (Wildman–Crippen LogP) is 2.57. The van der Waals surface area contributed by atoms with Crippen LogP contribution >= 0.6 is 31.9 Å². The molecule has 0 heterocycles. The molecule has 4 nitrogen and oxygen atoms in total. The second-order valence-electron chi connectivity index (χ2n) is 4.07. The summed E-state index contributed by atoms with van der Waals surface area (Å²) in [5, 5.41) is 8.79. The van der Waals surface area contributed by atoms with Crippen LogP contribution in [0.2, 0.25) is 0 Å². The van der Waals surface area contributed by atoms with Crippen LogP contribution in [-0.2, 0) is 10.0 Å². The highest BCUT2D eigenvalue weighted by molar-refractivity contribution is 9.11. The molecule has 0 aromatic heterocycles. The molecular weight excluding hydrogens is 386 g/mol. The summed E-state index contributed by atoms with van der Waals surface area (Å²) in [4.78, 5) is 0.185. The van der Waals surface area contributed by atoms with Gasteiger partial charge in [0.05, 0.1) is 4.90 Å². The zero-order chi connectivity index (χ0) is 13.9. The van der Waals surface area contributed by atoms with Gasteiger partial charge in [-0.3, -0.25) is 0 Å². The van der Waals surface area contributed by atoms with Crippen molar-refractivity contribution in [3.63, 3.8) is 0 Å². The van der Waals surface area contributed by atoms with Crippen molar-refractivity contribution < 1.29 is 13.5 Å². The maximum absolute atomic E-state index is 12.2. The molecule has 1 rings (SSSR count). The third-order valence-electron chi connectivity index (χ3n) is 2.42. The average molecular weight is 401 g/mol. The first-order valence-electron chi connectivity index (χ1n) is 5.36. The Bertz CT molecular complexity index is 531. The molecule has 1 aromatic carbocycles. The maximum Gasteiger partial charge on any atom is 0.241 e. The highest BCUT2D eigenvalue weighted by Gasteiger charge is 2.21. The lowest BCUT2D eigenvalue weighted by atomic mass is 10.2. The summed E-state index contributed by atoms with van der Waals surface area (Å²) in [6, 6.07) is 3.00. The Balaban J connectivity index is 3.09.